The van der Waals surface area contributed by atoms with E-state index < -0.39 is 66.2 Å². The van der Waals surface area contributed by atoms with Crippen LogP contribution in [0.3, 0.4) is 0 Å². The summed E-state index contributed by atoms with van der Waals surface area (Å²) in [5.74, 6) is -5.77. The van der Waals surface area contributed by atoms with Gasteiger partial charge >= 0.3 is 11.9 Å². The molecule has 0 radical (unpaired) electrons. The molecule has 0 fully saturated rings. The number of carbonyl (C=O) groups excluding carboxylic acids is 4. The second kappa shape index (κ2) is 13.4. The van der Waals surface area contributed by atoms with E-state index in [4.69, 9.17) is 21.7 Å². The number of primary amides is 1. The standard InChI is InChI=1S/C16H27N5O8S/c1-7(13(25)20-9(16(28)29)3-5-12(23)24)19-15(27)10(6-30)21-14(26)8(17)2-4-11(18)22/h7-10,30H,2-6,17H2,1H3,(H2,18,22)(H,19,27)(H,20,25)(H,21,26)(H,23,24)(H,28,29). The third-order valence-electron chi connectivity index (χ3n) is 3.87. The van der Waals surface area contributed by atoms with E-state index in [1.165, 1.54) is 6.92 Å². The predicted octanol–water partition coefficient (Wildman–Crippen LogP) is -3.07. The molecule has 0 rings (SSSR count). The van der Waals surface area contributed by atoms with Crippen LogP contribution < -0.4 is 27.4 Å². The van der Waals surface area contributed by atoms with Crippen molar-refractivity contribution in [3.8, 4) is 0 Å². The van der Waals surface area contributed by atoms with E-state index in [9.17, 15) is 28.8 Å². The van der Waals surface area contributed by atoms with Gasteiger partial charge in [0.2, 0.25) is 23.6 Å². The molecule has 0 spiro atoms. The Kier molecular flexibility index (Phi) is 12.1. The van der Waals surface area contributed by atoms with Crippen molar-refractivity contribution >= 4 is 48.2 Å². The molecule has 14 heteroatoms. The highest BCUT2D eigenvalue weighted by Crippen LogP contribution is 2.00. The molecule has 13 nitrogen and oxygen atoms in total. The lowest BCUT2D eigenvalue weighted by Gasteiger charge is -2.22. The fourth-order valence-electron chi connectivity index (χ4n) is 2.10. The number of nitrogens with two attached hydrogens (primary N) is 2. The topological polar surface area (TPSA) is 231 Å². The second-order valence-corrected chi connectivity index (χ2v) is 6.78. The van der Waals surface area contributed by atoms with Gasteiger partial charge in [0.15, 0.2) is 0 Å². The molecule has 0 aliphatic heterocycles. The Labute approximate surface area is 177 Å². The molecule has 0 saturated heterocycles. The highest BCUT2D eigenvalue weighted by atomic mass is 32.1. The Bertz CT molecular complexity index is 674. The van der Waals surface area contributed by atoms with Gasteiger partial charge in [0.1, 0.15) is 18.1 Å². The molecule has 0 bridgehead atoms. The summed E-state index contributed by atoms with van der Waals surface area (Å²) in [4.78, 5) is 68.9. The summed E-state index contributed by atoms with van der Waals surface area (Å²) in [7, 11) is 0. The van der Waals surface area contributed by atoms with Crippen molar-refractivity contribution in [3.63, 3.8) is 0 Å². The first kappa shape index (κ1) is 27.1. The summed E-state index contributed by atoms with van der Waals surface area (Å²) >= 11 is 3.96. The van der Waals surface area contributed by atoms with Crippen molar-refractivity contribution in [1.82, 2.24) is 16.0 Å². The van der Waals surface area contributed by atoms with Crippen molar-refractivity contribution in [3.05, 3.63) is 0 Å². The zero-order valence-electron chi connectivity index (χ0n) is 16.3. The zero-order chi connectivity index (χ0) is 23.4. The van der Waals surface area contributed by atoms with Crippen molar-refractivity contribution in [2.24, 2.45) is 11.5 Å². The van der Waals surface area contributed by atoms with Gasteiger partial charge in [-0.05, 0) is 19.8 Å². The molecule has 30 heavy (non-hydrogen) atoms. The smallest absolute Gasteiger partial charge is 0.326 e. The molecule has 0 aliphatic carbocycles. The number of carbonyl (C=O) groups is 6. The van der Waals surface area contributed by atoms with Crippen LogP contribution in [0.1, 0.15) is 32.6 Å². The molecule has 0 heterocycles. The molecule has 4 amide bonds. The second-order valence-electron chi connectivity index (χ2n) is 6.42. The van der Waals surface area contributed by atoms with Gasteiger partial charge in [0.05, 0.1) is 6.04 Å². The van der Waals surface area contributed by atoms with E-state index in [0.29, 0.717) is 0 Å². The van der Waals surface area contributed by atoms with E-state index >= 15 is 0 Å². The van der Waals surface area contributed by atoms with Crippen LogP contribution in [-0.4, -0.2) is 75.7 Å². The molecule has 0 aromatic heterocycles. The highest BCUT2D eigenvalue weighted by Gasteiger charge is 2.28. The summed E-state index contributed by atoms with van der Waals surface area (Å²) in [5, 5.41) is 24.5. The van der Waals surface area contributed by atoms with Gasteiger partial charge in [0.25, 0.3) is 0 Å². The van der Waals surface area contributed by atoms with Gasteiger partial charge in [-0.2, -0.15) is 12.6 Å². The zero-order valence-corrected chi connectivity index (χ0v) is 17.2. The molecular formula is C16H27N5O8S. The fraction of sp³-hybridized carbons (Fsp3) is 0.625. The third kappa shape index (κ3) is 10.6. The number of rotatable bonds is 14. The minimum Gasteiger partial charge on any atom is -0.481 e. The lowest BCUT2D eigenvalue weighted by atomic mass is 10.1. The van der Waals surface area contributed by atoms with Gasteiger partial charge in [-0.15, -0.1) is 0 Å². The molecule has 4 unspecified atom stereocenters. The molecule has 0 aromatic carbocycles. The first-order valence-electron chi connectivity index (χ1n) is 8.89. The minimum atomic E-state index is -1.45. The largest absolute Gasteiger partial charge is 0.481 e. The van der Waals surface area contributed by atoms with Gasteiger partial charge in [-0.3, -0.25) is 24.0 Å². The number of aliphatic carboxylic acids is 2. The van der Waals surface area contributed by atoms with Crippen LogP contribution in [0.4, 0.5) is 0 Å². The average Bonchev–Trinajstić information content (AvgIpc) is 2.65. The maximum atomic E-state index is 12.3. The Morgan fingerprint density at radius 3 is 1.90 bits per heavy atom. The van der Waals surface area contributed by atoms with Gasteiger partial charge in [-0.1, -0.05) is 0 Å². The molecular weight excluding hydrogens is 422 g/mol. The summed E-state index contributed by atoms with van der Waals surface area (Å²) in [6, 6.07) is -4.87. The predicted molar refractivity (Wildman–Crippen MR) is 106 cm³/mol. The molecule has 170 valence electrons. The van der Waals surface area contributed by atoms with Crippen LogP contribution in [0.25, 0.3) is 0 Å². The maximum Gasteiger partial charge on any atom is 0.326 e. The van der Waals surface area contributed by atoms with Gasteiger partial charge in [-0.25, -0.2) is 4.79 Å². The van der Waals surface area contributed by atoms with Crippen LogP contribution >= 0.6 is 12.6 Å². The number of amides is 4. The average molecular weight is 449 g/mol. The van der Waals surface area contributed by atoms with Crippen molar-refractivity contribution in [1.29, 1.82) is 0 Å². The van der Waals surface area contributed by atoms with E-state index in [-0.39, 0.29) is 25.0 Å². The first-order chi connectivity index (χ1) is 13.9. The normalized spacial score (nSPS) is 14.5. The summed E-state index contributed by atoms with van der Waals surface area (Å²) in [6.07, 6.45) is -0.943. The molecule has 0 aliphatic rings. The monoisotopic (exact) mass is 449 g/mol. The van der Waals surface area contributed by atoms with E-state index in [2.05, 4.69) is 28.6 Å². The Morgan fingerprint density at radius 1 is 0.867 bits per heavy atom. The van der Waals surface area contributed by atoms with Crippen LogP contribution in [0.5, 0.6) is 0 Å². The van der Waals surface area contributed by atoms with Crippen LogP contribution in [0.15, 0.2) is 0 Å². The van der Waals surface area contributed by atoms with Crippen molar-refractivity contribution < 1.29 is 39.0 Å². The van der Waals surface area contributed by atoms with Crippen LogP contribution in [0, 0.1) is 0 Å². The Hall–Kier alpha value is -2.87. The maximum absolute atomic E-state index is 12.3. The summed E-state index contributed by atoms with van der Waals surface area (Å²) in [6.45, 7) is 1.28. The fourth-order valence-corrected chi connectivity index (χ4v) is 2.36. The Balaban J connectivity index is 4.79. The van der Waals surface area contributed by atoms with Gasteiger partial charge < -0.3 is 37.6 Å². The number of carboxylic acids is 2. The SMILES string of the molecule is CC(NC(=O)C(CS)NC(=O)C(N)CCC(N)=O)C(=O)NC(CCC(=O)O)C(=O)O. The highest BCUT2D eigenvalue weighted by molar-refractivity contribution is 7.80. The van der Waals surface area contributed by atoms with Crippen LogP contribution in [0.2, 0.25) is 0 Å². The molecule has 9 N–H and O–H groups in total. The molecule has 0 saturated carbocycles. The number of hydrogen-bond donors (Lipinski definition) is 8. The van der Waals surface area contributed by atoms with Crippen LogP contribution in [-0.2, 0) is 28.8 Å². The summed E-state index contributed by atoms with van der Waals surface area (Å²) < 4.78 is 0. The lowest BCUT2D eigenvalue weighted by molar-refractivity contribution is -0.143. The summed E-state index contributed by atoms with van der Waals surface area (Å²) in [5.41, 5.74) is 10.6. The van der Waals surface area contributed by atoms with Crippen molar-refractivity contribution in [2.75, 3.05) is 5.75 Å². The number of hydrogen-bond acceptors (Lipinski definition) is 8. The molecule has 4 atom stereocenters. The number of carboxylic acid groups (broad SMARTS) is 2. The number of thiol groups is 1. The minimum absolute atomic E-state index is 0.0200. The first-order valence-corrected chi connectivity index (χ1v) is 9.52. The Morgan fingerprint density at radius 2 is 1.43 bits per heavy atom. The quantitative estimate of drug-likeness (QED) is 0.126. The van der Waals surface area contributed by atoms with E-state index in [0.717, 1.165) is 0 Å². The van der Waals surface area contributed by atoms with Crippen molar-refractivity contribution in [2.45, 2.75) is 56.8 Å². The lowest BCUT2D eigenvalue weighted by Crippen LogP contribution is -2.57. The van der Waals surface area contributed by atoms with E-state index in [1.807, 2.05) is 0 Å². The third-order valence-corrected chi connectivity index (χ3v) is 4.23. The van der Waals surface area contributed by atoms with Gasteiger partial charge in [0, 0.05) is 18.6 Å². The number of nitrogens with one attached hydrogen (secondary N) is 3. The van der Waals surface area contributed by atoms with E-state index in [1.54, 1.807) is 0 Å². The molecule has 0 aromatic rings.